The van der Waals surface area contributed by atoms with E-state index in [9.17, 15) is 4.79 Å². The van der Waals surface area contributed by atoms with Crippen LogP contribution in [-0.4, -0.2) is 27.0 Å². The molecule has 0 fully saturated rings. The van der Waals surface area contributed by atoms with E-state index in [1.807, 2.05) is 22.9 Å². The molecule has 1 atom stereocenters. The lowest BCUT2D eigenvalue weighted by atomic mass is 10.0. The van der Waals surface area contributed by atoms with Gasteiger partial charge < -0.3 is 14.8 Å². The molecule has 0 radical (unpaired) electrons. The van der Waals surface area contributed by atoms with E-state index in [0.717, 1.165) is 37.3 Å². The van der Waals surface area contributed by atoms with Crippen molar-refractivity contribution in [2.24, 2.45) is 5.92 Å². The number of aliphatic carboxylic acids is 1. The van der Waals surface area contributed by atoms with Crippen molar-refractivity contribution >= 4 is 11.6 Å². The van der Waals surface area contributed by atoms with Gasteiger partial charge in [-0.3, -0.25) is 4.79 Å². The highest BCUT2D eigenvalue weighted by Crippen LogP contribution is 2.11. The second-order valence-corrected chi connectivity index (χ2v) is 5.66. The maximum Gasteiger partial charge on any atom is 0.303 e. The average molecular weight is 289 g/mol. The molecular weight excluding hydrogens is 266 g/mol. The number of carboxylic acids is 1. The zero-order valence-electron chi connectivity index (χ0n) is 12.7. The molecule has 2 aromatic rings. The molecule has 5 nitrogen and oxygen atoms in total. The van der Waals surface area contributed by atoms with Gasteiger partial charge in [0.25, 0.3) is 0 Å². The van der Waals surface area contributed by atoms with Gasteiger partial charge in [-0.05, 0) is 43.9 Å². The number of aromatic nitrogens is 2. The van der Waals surface area contributed by atoms with E-state index in [1.165, 1.54) is 5.56 Å². The SMILES string of the molecule is Cc1cccn2cc(CNCCC(C)CCC(=O)O)nc12. The van der Waals surface area contributed by atoms with Crippen molar-refractivity contribution in [2.45, 2.75) is 39.7 Å². The van der Waals surface area contributed by atoms with Crippen LogP contribution >= 0.6 is 0 Å². The first kappa shape index (κ1) is 15.5. The highest BCUT2D eigenvalue weighted by atomic mass is 16.4. The number of carboxylic acid groups (broad SMARTS) is 1. The Kier molecular flexibility index (Phi) is 5.33. The molecule has 0 aliphatic carbocycles. The van der Waals surface area contributed by atoms with Gasteiger partial charge in [0.1, 0.15) is 5.65 Å². The van der Waals surface area contributed by atoms with Gasteiger partial charge in [0.05, 0.1) is 5.69 Å². The third kappa shape index (κ3) is 4.56. The van der Waals surface area contributed by atoms with E-state index >= 15 is 0 Å². The highest BCUT2D eigenvalue weighted by molar-refractivity contribution is 5.66. The van der Waals surface area contributed by atoms with Crippen molar-refractivity contribution in [3.63, 3.8) is 0 Å². The van der Waals surface area contributed by atoms with Gasteiger partial charge in [-0.25, -0.2) is 4.98 Å². The third-order valence-electron chi connectivity index (χ3n) is 3.70. The van der Waals surface area contributed by atoms with Crippen LogP contribution in [0.1, 0.15) is 37.4 Å². The number of fused-ring (bicyclic) bond motifs is 1. The van der Waals surface area contributed by atoms with E-state index in [-0.39, 0.29) is 6.42 Å². The van der Waals surface area contributed by atoms with Crippen LogP contribution in [0.5, 0.6) is 0 Å². The van der Waals surface area contributed by atoms with Crippen molar-refractivity contribution in [3.05, 3.63) is 35.8 Å². The molecule has 2 aromatic heterocycles. The van der Waals surface area contributed by atoms with Crippen molar-refractivity contribution in [2.75, 3.05) is 6.54 Å². The summed E-state index contributed by atoms with van der Waals surface area (Å²) in [6, 6.07) is 4.08. The van der Waals surface area contributed by atoms with Crippen LogP contribution in [0.15, 0.2) is 24.5 Å². The zero-order valence-corrected chi connectivity index (χ0v) is 12.7. The van der Waals surface area contributed by atoms with Gasteiger partial charge in [0.2, 0.25) is 0 Å². The summed E-state index contributed by atoms with van der Waals surface area (Å²) in [7, 11) is 0. The summed E-state index contributed by atoms with van der Waals surface area (Å²) in [4.78, 5) is 15.1. The second-order valence-electron chi connectivity index (χ2n) is 5.66. The summed E-state index contributed by atoms with van der Waals surface area (Å²) < 4.78 is 2.04. The lowest BCUT2D eigenvalue weighted by Gasteiger charge is -2.09. The molecule has 0 aliphatic heterocycles. The molecule has 2 rings (SSSR count). The van der Waals surface area contributed by atoms with Gasteiger partial charge in [-0.1, -0.05) is 13.0 Å². The van der Waals surface area contributed by atoms with Crippen LogP contribution in [0.4, 0.5) is 0 Å². The molecule has 2 heterocycles. The maximum absolute atomic E-state index is 10.5. The molecule has 0 aliphatic rings. The van der Waals surface area contributed by atoms with Crippen molar-refractivity contribution in [1.82, 2.24) is 14.7 Å². The summed E-state index contributed by atoms with van der Waals surface area (Å²) in [5, 5.41) is 12.0. The molecule has 1 unspecified atom stereocenters. The van der Waals surface area contributed by atoms with Gasteiger partial charge in [0.15, 0.2) is 0 Å². The fourth-order valence-corrected chi connectivity index (χ4v) is 2.37. The fourth-order valence-electron chi connectivity index (χ4n) is 2.37. The number of pyridine rings is 1. The zero-order chi connectivity index (χ0) is 15.2. The lowest BCUT2D eigenvalue weighted by molar-refractivity contribution is -0.137. The van der Waals surface area contributed by atoms with Gasteiger partial charge in [-0.2, -0.15) is 0 Å². The molecule has 0 bridgehead atoms. The molecular formula is C16H23N3O2. The van der Waals surface area contributed by atoms with Gasteiger partial charge in [-0.15, -0.1) is 0 Å². The second kappa shape index (κ2) is 7.22. The van der Waals surface area contributed by atoms with Gasteiger partial charge >= 0.3 is 5.97 Å². The van der Waals surface area contributed by atoms with E-state index < -0.39 is 5.97 Å². The fraction of sp³-hybridized carbons (Fsp3) is 0.500. The minimum Gasteiger partial charge on any atom is -0.481 e. The normalized spacial score (nSPS) is 12.7. The van der Waals surface area contributed by atoms with E-state index in [0.29, 0.717) is 5.92 Å². The number of rotatable bonds is 8. The van der Waals surface area contributed by atoms with E-state index in [2.05, 4.69) is 30.2 Å². The van der Waals surface area contributed by atoms with Crippen LogP contribution in [0.25, 0.3) is 5.65 Å². The maximum atomic E-state index is 10.5. The minimum atomic E-state index is -0.713. The van der Waals surface area contributed by atoms with Crippen molar-refractivity contribution in [3.8, 4) is 0 Å². The molecule has 2 N–H and O–H groups in total. The summed E-state index contributed by atoms with van der Waals surface area (Å²) in [5.41, 5.74) is 3.21. The number of hydrogen-bond acceptors (Lipinski definition) is 3. The molecule has 0 saturated heterocycles. The predicted octanol–water partition coefficient (Wildman–Crippen LogP) is 2.62. The van der Waals surface area contributed by atoms with Gasteiger partial charge in [0, 0.05) is 25.4 Å². The summed E-state index contributed by atoms with van der Waals surface area (Å²) in [6.45, 7) is 5.78. The van der Waals surface area contributed by atoms with Crippen LogP contribution < -0.4 is 5.32 Å². The van der Waals surface area contributed by atoms with Crippen LogP contribution in [0, 0.1) is 12.8 Å². The van der Waals surface area contributed by atoms with E-state index in [4.69, 9.17) is 5.11 Å². The van der Waals surface area contributed by atoms with Crippen molar-refractivity contribution < 1.29 is 9.90 Å². The Morgan fingerprint density at radius 2 is 2.29 bits per heavy atom. The Morgan fingerprint density at radius 3 is 3.00 bits per heavy atom. The Morgan fingerprint density at radius 1 is 1.48 bits per heavy atom. The number of hydrogen-bond donors (Lipinski definition) is 2. The number of nitrogens with one attached hydrogen (secondary N) is 1. The predicted molar refractivity (Wildman–Crippen MR) is 82.3 cm³/mol. The quantitative estimate of drug-likeness (QED) is 0.733. The first-order valence-corrected chi connectivity index (χ1v) is 7.42. The Balaban J connectivity index is 1.75. The number of aryl methyl sites for hydroxylation is 1. The molecule has 114 valence electrons. The average Bonchev–Trinajstić information content (AvgIpc) is 2.86. The number of nitrogens with zero attached hydrogens (tertiary/aromatic N) is 2. The smallest absolute Gasteiger partial charge is 0.303 e. The first-order chi connectivity index (χ1) is 10.1. The van der Waals surface area contributed by atoms with Crippen molar-refractivity contribution in [1.29, 1.82) is 0 Å². The third-order valence-corrected chi connectivity index (χ3v) is 3.70. The summed E-state index contributed by atoms with van der Waals surface area (Å²) >= 11 is 0. The summed E-state index contributed by atoms with van der Waals surface area (Å²) in [5.74, 6) is -0.285. The summed E-state index contributed by atoms with van der Waals surface area (Å²) in [6.07, 6.45) is 6.03. The molecule has 0 saturated carbocycles. The highest BCUT2D eigenvalue weighted by Gasteiger charge is 2.06. The molecule has 21 heavy (non-hydrogen) atoms. The minimum absolute atomic E-state index is 0.257. The first-order valence-electron chi connectivity index (χ1n) is 7.42. The Labute approximate surface area is 125 Å². The molecule has 0 amide bonds. The monoisotopic (exact) mass is 289 g/mol. The van der Waals surface area contributed by atoms with Crippen LogP contribution in [-0.2, 0) is 11.3 Å². The Bertz CT molecular complexity index is 607. The van der Waals surface area contributed by atoms with Crippen LogP contribution in [0.3, 0.4) is 0 Å². The standard InChI is InChI=1S/C16H23N3O2/c1-12(5-6-15(20)21)7-8-17-10-14-11-19-9-3-4-13(2)16(19)18-14/h3-4,9,11-12,17H,5-8,10H2,1-2H3,(H,20,21). The largest absolute Gasteiger partial charge is 0.481 e. The lowest BCUT2D eigenvalue weighted by Crippen LogP contribution is -2.17. The molecule has 5 heteroatoms. The topological polar surface area (TPSA) is 66.6 Å². The molecule has 0 aromatic carbocycles. The number of imidazole rings is 1. The Hall–Kier alpha value is -1.88. The van der Waals surface area contributed by atoms with Crippen LogP contribution in [0.2, 0.25) is 0 Å². The molecule has 0 spiro atoms. The van der Waals surface area contributed by atoms with E-state index in [1.54, 1.807) is 0 Å². The number of carbonyl (C=O) groups is 1.